The number of primary amides is 1. The number of amides is 1. The molecule has 5 nitrogen and oxygen atoms in total. The quantitative estimate of drug-likeness (QED) is 0.792. The van der Waals surface area contributed by atoms with Crippen LogP contribution in [0.25, 0.3) is 0 Å². The molecule has 96 valence electrons. The van der Waals surface area contributed by atoms with Crippen LogP contribution in [0, 0.1) is 0 Å². The van der Waals surface area contributed by atoms with Gasteiger partial charge in [0.1, 0.15) is 0 Å². The van der Waals surface area contributed by atoms with Crippen molar-refractivity contribution in [2.75, 3.05) is 7.05 Å². The van der Waals surface area contributed by atoms with Gasteiger partial charge in [0.05, 0.1) is 17.8 Å². The van der Waals surface area contributed by atoms with Crippen LogP contribution in [0.15, 0.2) is 12.4 Å². The molecule has 1 atom stereocenters. The zero-order valence-corrected chi connectivity index (χ0v) is 9.16. The van der Waals surface area contributed by atoms with Crippen molar-refractivity contribution in [3.8, 4) is 0 Å². The molecule has 1 aromatic rings. The minimum atomic E-state index is -4.40. The summed E-state index contributed by atoms with van der Waals surface area (Å²) in [6.45, 7) is 0.185. The van der Waals surface area contributed by atoms with Gasteiger partial charge in [0.2, 0.25) is 5.91 Å². The molecule has 0 fully saturated rings. The number of rotatable bonds is 5. The Balaban J connectivity index is 2.58. The molecule has 17 heavy (non-hydrogen) atoms. The molecular formula is C9H13F3N4O. The van der Waals surface area contributed by atoms with Crippen molar-refractivity contribution in [2.45, 2.75) is 25.2 Å². The molecule has 0 spiro atoms. The van der Waals surface area contributed by atoms with Gasteiger partial charge in [-0.05, 0) is 13.5 Å². The average Bonchev–Trinajstić information content (AvgIpc) is 2.66. The van der Waals surface area contributed by atoms with Crippen molar-refractivity contribution in [3.63, 3.8) is 0 Å². The summed E-state index contributed by atoms with van der Waals surface area (Å²) in [6.07, 6.45) is -2.47. The monoisotopic (exact) mass is 250 g/mol. The molecule has 1 amide bonds. The van der Waals surface area contributed by atoms with Gasteiger partial charge in [-0.3, -0.25) is 9.48 Å². The number of hydrogen-bond acceptors (Lipinski definition) is 3. The Morgan fingerprint density at radius 3 is 2.71 bits per heavy atom. The predicted molar refractivity (Wildman–Crippen MR) is 53.9 cm³/mol. The van der Waals surface area contributed by atoms with Crippen LogP contribution in [0.3, 0.4) is 0 Å². The van der Waals surface area contributed by atoms with Crippen LogP contribution in [-0.2, 0) is 17.5 Å². The number of nitrogens with one attached hydrogen (secondary N) is 1. The highest BCUT2D eigenvalue weighted by Crippen LogP contribution is 2.28. The maximum Gasteiger partial charge on any atom is 0.419 e. The standard InChI is InChI=1S/C9H13F3N4O/c1-14-7(8(13)17)2-3-16-5-6(4-15-16)9(10,11)12/h4-5,7,14H,2-3H2,1H3,(H2,13,17). The van der Waals surface area contributed by atoms with E-state index in [-0.39, 0.29) is 13.0 Å². The van der Waals surface area contributed by atoms with Crippen molar-refractivity contribution in [3.05, 3.63) is 18.0 Å². The number of carbonyl (C=O) groups is 1. The van der Waals surface area contributed by atoms with Gasteiger partial charge >= 0.3 is 6.18 Å². The summed E-state index contributed by atoms with van der Waals surface area (Å²) in [6, 6.07) is -0.575. The Morgan fingerprint density at radius 1 is 1.65 bits per heavy atom. The third kappa shape index (κ3) is 3.74. The number of alkyl halides is 3. The first-order valence-electron chi connectivity index (χ1n) is 4.91. The lowest BCUT2D eigenvalue weighted by Gasteiger charge is -2.11. The van der Waals surface area contributed by atoms with E-state index in [2.05, 4.69) is 10.4 Å². The highest BCUT2D eigenvalue weighted by atomic mass is 19.4. The molecule has 1 rings (SSSR count). The van der Waals surface area contributed by atoms with Gasteiger partial charge in [-0.25, -0.2) is 0 Å². The number of carbonyl (C=O) groups excluding carboxylic acids is 1. The first-order chi connectivity index (χ1) is 7.84. The minimum absolute atomic E-state index is 0.185. The third-order valence-electron chi connectivity index (χ3n) is 2.30. The molecule has 0 aliphatic rings. The molecule has 1 heterocycles. The summed E-state index contributed by atoms with van der Waals surface area (Å²) < 4.78 is 37.9. The fourth-order valence-corrected chi connectivity index (χ4v) is 1.32. The van der Waals surface area contributed by atoms with Crippen molar-refractivity contribution in [1.82, 2.24) is 15.1 Å². The number of nitrogens with zero attached hydrogens (tertiary/aromatic N) is 2. The second-order valence-electron chi connectivity index (χ2n) is 3.52. The van der Waals surface area contributed by atoms with Gasteiger partial charge in [0.25, 0.3) is 0 Å². The van der Waals surface area contributed by atoms with Crippen LogP contribution >= 0.6 is 0 Å². The first-order valence-corrected chi connectivity index (χ1v) is 4.91. The second-order valence-corrected chi connectivity index (χ2v) is 3.52. The zero-order valence-electron chi connectivity index (χ0n) is 9.16. The van der Waals surface area contributed by atoms with Crippen molar-refractivity contribution >= 4 is 5.91 Å². The lowest BCUT2D eigenvalue weighted by atomic mass is 10.2. The normalized spacial score (nSPS) is 13.6. The maximum atomic E-state index is 12.3. The highest BCUT2D eigenvalue weighted by Gasteiger charge is 2.32. The molecule has 0 saturated carbocycles. The van der Waals surface area contributed by atoms with Crippen LogP contribution in [0.5, 0.6) is 0 Å². The van der Waals surface area contributed by atoms with Crippen LogP contribution < -0.4 is 11.1 Å². The van der Waals surface area contributed by atoms with E-state index in [9.17, 15) is 18.0 Å². The minimum Gasteiger partial charge on any atom is -0.368 e. The second kappa shape index (κ2) is 5.17. The SMILES string of the molecule is CNC(CCn1cc(C(F)(F)F)cn1)C(N)=O. The summed E-state index contributed by atoms with van der Waals surface area (Å²) in [5.74, 6) is -0.546. The smallest absolute Gasteiger partial charge is 0.368 e. The number of halogens is 3. The molecule has 0 aliphatic heterocycles. The van der Waals surface area contributed by atoms with Crippen LogP contribution in [0.4, 0.5) is 13.2 Å². The molecule has 8 heteroatoms. The van der Waals surface area contributed by atoms with E-state index >= 15 is 0 Å². The van der Waals surface area contributed by atoms with E-state index in [0.717, 1.165) is 17.1 Å². The Hall–Kier alpha value is -1.57. The summed E-state index contributed by atoms with van der Waals surface area (Å²) in [5.41, 5.74) is 4.27. The molecule has 0 saturated heterocycles. The summed E-state index contributed by atoms with van der Waals surface area (Å²) >= 11 is 0. The van der Waals surface area contributed by atoms with Crippen molar-refractivity contribution in [2.24, 2.45) is 5.73 Å². The predicted octanol–water partition coefficient (Wildman–Crippen LogP) is 0.365. The van der Waals surface area contributed by atoms with Gasteiger partial charge in [-0.2, -0.15) is 18.3 Å². The molecule has 0 aromatic carbocycles. The lowest BCUT2D eigenvalue weighted by Crippen LogP contribution is -2.39. The molecule has 1 unspecified atom stereocenters. The number of likely N-dealkylation sites (N-methyl/N-ethyl adjacent to an activating group) is 1. The van der Waals surface area contributed by atoms with Gasteiger partial charge in [0.15, 0.2) is 0 Å². The average molecular weight is 250 g/mol. The van der Waals surface area contributed by atoms with E-state index < -0.39 is 23.7 Å². The van der Waals surface area contributed by atoms with E-state index in [1.807, 2.05) is 0 Å². The van der Waals surface area contributed by atoms with Crippen LogP contribution in [-0.4, -0.2) is 28.8 Å². The highest BCUT2D eigenvalue weighted by molar-refractivity contribution is 5.79. The van der Waals surface area contributed by atoms with Gasteiger partial charge < -0.3 is 11.1 Å². The fraction of sp³-hybridized carbons (Fsp3) is 0.556. The fourth-order valence-electron chi connectivity index (χ4n) is 1.32. The van der Waals surface area contributed by atoms with E-state index in [4.69, 9.17) is 5.73 Å². The molecule has 3 N–H and O–H groups in total. The Labute approximate surface area is 95.8 Å². The molecular weight excluding hydrogens is 237 g/mol. The topological polar surface area (TPSA) is 72.9 Å². The van der Waals surface area contributed by atoms with Crippen LogP contribution in [0.2, 0.25) is 0 Å². The number of hydrogen-bond donors (Lipinski definition) is 2. The number of aromatic nitrogens is 2. The first kappa shape index (κ1) is 13.5. The summed E-state index contributed by atoms with van der Waals surface area (Å²) in [5, 5.41) is 6.24. The Kier molecular flexibility index (Phi) is 4.11. The number of nitrogens with two attached hydrogens (primary N) is 1. The third-order valence-corrected chi connectivity index (χ3v) is 2.30. The maximum absolute atomic E-state index is 12.3. The molecule has 0 radical (unpaired) electrons. The largest absolute Gasteiger partial charge is 0.419 e. The summed E-state index contributed by atoms with van der Waals surface area (Å²) in [4.78, 5) is 10.9. The van der Waals surface area contributed by atoms with Gasteiger partial charge in [-0.15, -0.1) is 0 Å². The molecule has 0 bridgehead atoms. The zero-order chi connectivity index (χ0) is 13.1. The van der Waals surface area contributed by atoms with Crippen molar-refractivity contribution in [1.29, 1.82) is 0 Å². The van der Waals surface area contributed by atoms with Gasteiger partial charge in [-0.1, -0.05) is 0 Å². The van der Waals surface area contributed by atoms with E-state index in [1.165, 1.54) is 0 Å². The van der Waals surface area contributed by atoms with Crippen molar-refractivity contribution < 1.29 is 18.0 Å². The number of aryl methyl sites for hydroxylation is 1. The Morgan fingerprint density at radius 2 is 2.29 bits per heavy atom. The molecule has 1 aromatic heterocycles. The molecule has 0 aliphatic carbocycles. The van der Waals surface area contributed by atoms with E-state index in [0.29, 0.717) is 0 Å². The van der Waals surface area contributed by atoms with E-state index in [1.54, 1.807) is 7.05 Å². The Bertz CT molecular complexity index is 388. The van der Waals surface area contributed by atoms with Crippen LogP contribution in [0.1, 0.15) is 12.0 Å². The lowest BCUT2D eigenvalue weighted by molar-refractivity contribution is -0.137. The van der Waals surface area contributed by atoms with Gasteiger partial charge in [0, 0.05) is 12.7 Å². The summed E-state index contributed by atoms with van der Waals surface area (Å²) in [7, 11) is 1.56.